The largest absolute Gasteiger partial charge is 0.484 e. The van der Waals surface area contributed by atoms with Crippen molar-refractivity contribution in [1.29, 1.82) is 0 Å². The molecular formula is C31H34ClFN2O3. The molecule has 3 aromatic carbocycles. The van der Waals surface area contributed by atoms with E-state index in [-0.39, 0.29) is 36.8 Å². The van der Waals surface area contributed by atoms with Crippen LogP contribution in [0.5, 0.6) is 5.75 Å². The second kappa shape index (κ2) is 13.4. The summed E-state index contributed by atoms with van der Waals surface area (Å²) in [6, 6.07) is 20.2. The molecule has 7 heteroatoms. The fourth-order valence-electron chi connectivity index (χ4n) is 4.82. The van der Waals surface area contributed by atoms with Crippen molar-refractivity contribution >= 4 is 23.4 Å². The van der Waals surface area contributed by atoms with E-state index in [1.165, 1.54) is 18.6 Å². The van der Waals surface area contributed by atoms with Gasteiger partial charge in [0, 0.05) is 24.0 Å². The molecule has 200 valence electrons. The maximum Gasteiger partial charge on any atom is 0.261 e. The lowest BCUT2D eigenvalue weighted by molar-refractivity contribution is -0.143. The fraction of sp³-hybridized carbons (Fsp3) is 0.355. The number of rotatable bonds is 10. The molecule has 3 aromatic rings. The van der Waals surface area contributed by atoms with E-state index in [1.807, 2.05) is 37.3 Å². The maximum atomic E-state index is 13.7. The molecule has 2 amide bonds. The lowest BCUT2D eigenvalue weighted by Gasteiger charge is -2.33. The molecule has 0 saturated heterocycles. The van der Waals surface area contributed by atoms with Gasteiger partial charge in [-0.2, -0.15) is 0 Å². The number of benzene rings is 3. The van der Waals surface area contributed by atoms with Crippen LogP contribution in [0, 0.1) is 12.7 Å². The van der Waals surface area contributed by atoms with Crippen molar-refractivity contribution in [2.45, 2.75) is 64.1 Å². The van der Waals surface area contributed by atoms with E-state index in [2.05, 4.69) is 5.32 Å². The van der Waals surface area contributed by atoms with Crippen LogP contribution in [0.1, 0.15) is 48.8 Å². The highest BCUT2D eigenvalue weighted by molar-refractivity contribution is 6.31. The molecule has 0 radical (unpaired) electrons. The molecule has 1 aliphatic rings. The summed E-state index contributed by atoms with van der Waals surface area (Å²) in [4.78, 5) is 29.0. The van der Waals surface area contributed by atoms with E-state index < -0.39 is 6.04 Å². The highest BCUT2D eigenvalue weighted by Crippen LogP contribution is 2.22. The molecule has 0 heterocycles. The predicted molar refractivity (Wildman–Crippen MR) is 148 cm³/mol. The molecule has 0 spiro atoms. The van der Waals surface area contributed by atoms with Crippen molar-refractivity contribution in [3.05, 3.63) is 100 Å². The number of nitrogens with zero attached hydrogens (tertiary/aromatic N) is 1. The van der Waals surface area contributed by atoms with Crippen LogP contribution in [0.4, 0.5) is 4.39 Å². The van der Waals surface area contributed by atoms with Crippen molar-refractivity contribution in [2.24, 2.45) is 0 Å². The summed E-state index contributed by atoms with van der Waals surface area (Å²) < 4.78 is 19.4. The predicted octanol–water partition coefficient (Wildman–Crippen LogP) is 6.26. The lowest BCUT2D eigenvalue weighted by Crippen LogP contribution is -2.53. The lowest BCUT2D eigenvalue weighted by atomic mass is 9.94. The minimum absolute atomic E-state index is 0.102. The van der Waals surface area contributed by atoms with Crippen LogP contribution in [0.3, 0.4) is 0 Å². The Labute approximate surface area is 228 Å². The van der Waals surface area contributed by atoms with Gasteiger partial charge in [0.15, 0.2) is 6.61 Å². The van der Waals surface area contributed by atoms with Gasteiger partial charge in [0.25, 0.3) is 5.91 Å². The highest BCUT2D eigenvalue weighted by atomic mass is 35.5. The van der Waals surface area contributed by atoms with E-state index in [0.717, 1.165) is 42.4 Å². The Kier molecular flexibility index (Phi) is 9.77. The van der Waals surface area contributed by atoms with Crippen LogP contribution in [-0.4, -0.2) is 35.4 Å². The second-order valence-electron chi connectivity index (χ2n) is 9.90. The first kappa shape index (κ1) is 27.6. The first-order chi connectivity index (χ1) is 18.4. The van der Waals surface area contributed by atoms with Crippen LogP contribution in [0.15, 0.2) is 72.8 Å². The van der Waals surface area contributed by atoms with Crippen LogP contribution in [0.2, 0.25) is 5.02 Å². The zero-order valence-corrected chi connectivity index (χ0v) is 22.4. The summed E-state index contributed by atoms with van der Waals surface area (Å²) in [6.45, 7) is 1.77. The van der Waals surface area contributed by atoms with Gasteiger partial charge in [-0.1, -0.05) is 73.3 Å². The highest BCUT2D eigenvalue weighted by Gasteiger charge is 2.32. The van der Waals surface area contributed by atoms with E-state index in [0.29, 0.717) is 17.2 Å². The van der Waals surface area contributed by atoms with Gasteiger partial charge in [-0.05, 0) is 66.8 Å². The SMILES string of the molecule is Cc1cc(OCC(=O)N(Cc2ccc(F)cc2)[C@H](Cc2ccccc2)C(=O)NC2CCCCC2)ccc1Cl. The quantitative estimate of drug-likeness (QED) is 0.333. The van der Waals surface area contributed by atoms with Crippen molar-refractivity contribution < 1.29 is 18.7 Å². The molecule has 1 saturated carbocycles. The zero-order chi connectivity index (χ0) is 26.9. The van der Waals surface area contributed by atoms with E-state index in [9.17, 15) is 14.0 Å². The Bertz CT molecular complexity index is 1210. The Morgan fingerprint density at radius 3 is 2.39 bits per heavy atom. The van der Waals surface area contributed by atoms with Crippen molar-refractivity contribution in [2.75, 3.05) is 6.61 Å². The number of ether oxygens (including phenoxy) is 1. The normalized spacial score (nSPS) is 14.5. The molecule has 4 rings (SSSR count). The Hall–Kier alpha value is -3.38. The Morgan fingerprint density at radius 1 is 1.00 bits per heavy atom. The summed E-state index contributed by atoms with van der Waals surface area (Å²) >= 11 is 6.13. The summed E-state index contributed by atoms with van der Waals surface area (Å²) in [7, 11) is 0. The van der Waals surface area contributed by atoms with Gasteiger partial charge in [-0.25, -0.2) is 4.39 Å². The number of carbonyl (C=O) groups excluding carboxylic acids is 2. The third kappa shape index (κ3) is 7.81. The van der Waals surface area contributed by atoms with E-state index >= 15 is 0 Å². The Morgan fingerprint density at radius 2 is 1.71 bits per heavy atom. The van der Waals surface area contributed by atoms with Gasteiger partial charge in [0.05, 0.1) is 0 Å². The fourth-order valence-corrected chi connectivity index (χ4v) is 4.94. The summed E-state index contributed by atoms with van der Waals surface area (Å²) in [5, 5.41) is 3.82. The molecule has 0 bridgehead atoms. The molecule has 1 atom stereocenters. The monoisotopic (exact) mass is 536 g/mol. The van der Waals surface area contributed by atoms with Crippen LogP contribution >= 0.6 is 11.6 Å². The molecule has 0 aromatic heterocycles. The summed E-state index contributed by atoms with van der Waals surface area (Å²) in [6.07, 6.45) is 5.58. The van der Waals surface area contributed by atoms with Crippen molar-refractivity contribution in [1.82, 2.24) is 10.2 Å². The average Bonchev–Trinajstić information content (AvgIpc) is 2.93. The van der Waals surface area contributed by atoms with Crippen LogP contribution < -0.4 is 10.1 Å². The number of carbonyl (C=O) groups is 2. The van der Waals surface area contributed by atoms with Gasteiger partial charge in [0.2, 0.25) is 5.91 Å². The number of amides is 2. The number of hydrogen-bond donors (Lipinski definition) is 1. The molecule has 5 nitrogen and oxygen atoms in total. The molecule has 1 N–H and O–H groups in total. The maximum absolute atomic E-state index is 13.7. The van der Waals surface area contributed by atoms with Crippen molar-refractivity contribution in [3.8, 4) is 5.75 Å². The summed E-state index contributed by atoms with van der Waals surface area (Å²) in [5.74, 6) is -0.350. The molecule has 1 fully saturated rings. The van der Waals surface area contributed by atoms with Crippen LogP contribution in [-0.2, 0) is 22.6 Å². The van der Waals surface area contributed by atoms with E-state index in [4.69, 9.17) is 16.3 Å². The molecular weight excluding hydrogens is 503 g/mol. The summed E-state index contributed by atoms with van der Waals surface area (Å²) in [5.41, 5.74) is 2.52. The number of aryl methyl sites for hydroxylation is 1. The Balaban J connectivity index is 1.60. The number of nitrogens with one attached hydrogen (secondary N) is 1. The number of hydrogen-bond acceptors (Lipinski definition) is 3. The van der Waals surface area contributed by atoms with E-state index in [1.54, 1.807) is 35.2 Å². The first-order valence-corrected chi connectivity index (χ1v) is 13.5. The minimum atomic E-state index is -0.757. The van der Waals surface area contributed by atoms with Gasteiger partial charge in [-0.3, -0.25) is 9.59 Å². The average molecular weight is 537 g/mol. The number of halogens is 2. The third-order valence-electron chi connectivity index (χ3n) is 6.98. The topological polar surface area (TPSA) is 58.6 Å². The third-order valence-corrected chi connectivity index (χ3v) is 7.40. The molecule has 38 heavy (non-hydrogen) atoms. The molecule has 0 aliphatic heterocycles. The van der Waals surface area contributed by atoms with Gasteiger partial charge < -0.3 is 15.0 Å². The first-order valence-electron chi connectivity index (χ1n) is 13.2. The van der Waals surface area contributed by atoms with Crippen LogP contribution in [0.25, 0.3) is 0 Å². The molecule has 1 aliphatic carbocycles. The standard InChI is InChI=1S/C31H34ClFN2O3/c1-22-18-27(16-17-28(22)32)38-21-30(36)35(20-24-12-14-25(33)15-13-24)29(19-23-8-4-2-5-9-23)31(37)34-26-10-6-3-7-11-26/h2,4-5,8-9,12-18,26,29H,3,6-7,10-11,19-21H2,1H3,(H,34,37)/t29-/m1/s1. The molecule has 0 unspecified atom stereocenters. The zero-order valence-electron chi connectivity index (χ0n) is 21.7. The second-order valence-corrected chi connectivity index (χ2v) is 10.3. The van der Waals surface area contributed by atoms with Crippen molar-refractivity contribution in [3.63, 3.8) is 0 Å². The smallest absolute Gasteiger partial charge is 0.261 e. The van der Waals surface area contributed by atoms with Gasteiger partial charge in [0.1, 0.15) is 17.6 Å². The minimum Gasteiger partial charge on any atom is -0.484 e. The van der Waals surface area contributed by atoms with Gasteiger partial charge in [-0.15, -0.1) is 0 Å². The van der Waals surface area contributed by atoms with Gasteiger partial charge >= 0.3 is 0 Å².